The highest BCUT2D eigenvalue weighted by molar-refractivity contribution is 7.17. The zero-order valence-corrected chi connectivity index (χ0v) is 16.9. The third kappa shape index (κ3) is 4.17. The van der Waals surface area contributed by atoms with Crippen LogP contribution in [0.15, 0.2) is 60.7 Å². The Morgan fingerprint density at radius 1 is 1.10 bits per heavy atom. The molecule has 2 aromatic carbocycles. The van der Waals surface area contributed by atoms with Crippen LogP contribution in [0.1, 0.15) is 27.7 Å². The third-order valence-corrected chi connectivity index (χ3v) is 5.99. The number of para-hydroxylation sites is 1. The lowest BCUT2D eigenvalue weighted by Gasteiger charge is -2.20. The summed E-state index contributed by atoms with van der Waals surface area (Å²) in [6, 6.07) is 19.3. The summed E-state index contributed by atoms with van der Waals surface area (Å²) in [4.78, 5) is 28.2. The molecular weight excluding hydrogens is 386 g/mol. The third-order valence-electron chi connectivity index (χ3n) is 4.80. The quantitative estimate of drug-likeness (QED) is 0.564. The number of benzene rings is 2. The van der Waals surface area contributed by atoms with Gasteiger partial charge < -0.3 is 14.4 Å². The van der Waals surface area contributed by atoms with Crippen molar-refractivity contribution in [2.24, 2.45) is 0 Å². The Hall–Kier alpha value is -3.12. The molecule has 0 radical (unpaired) electrons. The number of likely N-dealkylation sites (N-methyl/N-ethyl adjacent to an activating group) is 1. The van der Waals surface area contributed by atoms with Crippen molar-refractivity contribution < 1.29 is 19.1 Å². The molecule has 0 saturated carbocycles. The van der Waals surface area contributed by atoms with E-state index in [9.17, 15) is 9.59 Å². The van der Waals surface area contributed by atoms with Crippen LogP contribution in [-0.4, -0.2) is 29.9 Å². The van der Waals surface area contributed by atoms with Gasteiger partial charge in [0.25, 0.3) is 5.91 Å². The molecule has 1 amide bonds. The van der Waals surface area contributed by atoms with Gasteiger partial charge in [-0.1, -0.05) is 42.5 Å². The minimum Gasteiger partial charge on any atom is -0.488 e. The number of carbonyl (C=O) groups excluding carboxylic acids is 2. The summed E-state index contributed by atoms with van der Waals surface area (Å²) in [6.45, 7) is 3.11. The maximum atomic E-state index is 12.5. The minimum absolute atomic E-state index is 0.209. The van der Waals surface area contributed by atoms with Crippen molar-refractivity contribution in [2.45, 2.75) is 20.1 Å². The molecule has 1 aliphatic rings. The van der Waals surface area contributed by atoms with Crippen LogP contribution < -0.4 is 4.74 Å². The fraction of sp³-hybridized carbons (Fsp3) is 0.217. The van der Waals surface area contributed by atoms with E-state index in [2.05, 4.69) is 0 Å². The first-order valence-corrected chi connectivity index (χ1v) is 10.3. The number of hydrogen-bond donors (Lipinski definition) is 0. The van der Waals surface area contributed by atoms with Gasteiger partial charge in [-0.2, -0.15) is 0 Å². The van der Waals surface area contributed by atoms with Crippen LogP contribution >= 0.6 is 11.3 Å². The second-order valence-corrected chi connectivity index (χ2v) is 7.77. The molecule has 0 spiro atoms. The first-order valence-electron chi connectivity index (χ1n) is 9.49. The summed E-state index contributed by atoms with van der Waals surface area (Å²) in [5.41, 5.74) is 2.98. The first kappa shape index (κ1) is 19.2. The van der Waals surface area contributed by atoms with Gasteiger partial charge in [0.2, 0.25) is 0 Å². The lowest BCUT2D eigenvalue weighted by Crippen LogP contribution is -2.34. The molecule has 29 heavy (non-hydrogen) atoms. The molecule has 0 saturated heterocycles. The van der Waals surface area contributed by atoms with Gasteiger partial charge >= 0.3 is 5.97 Å². The van der Waals surface area contributed by atoms with E-state index in [0.717, 1.165) is 27.3 Å². The van der Waals surface area contributed by atoms with Gasteiger partial charge in [0.1, 0.15) is 17.2 Å². The van der Waals surface area contributed by atoms with Crippen molar-refractivity contribution in [1.82, 2.24) is 4.90 Å². The number of nitrogens with zero attached hydrogens (tertiary/aromatic N) is 1. The molecule has 2 heterocycles. The zero-order chi connectivity index (χ0) is 20.2. The second-order valence-electron chi connectivity index (χ2n) is 6.72. The Labute approximate surface area is 173 Å². The van der Waals surface area contributed by atoms with E-state index >= 15 is 0 Å². The van der Waals surface area contributed by atoms with Crippen molar-refractivity contribution >= 4 is 23.2 Å². The van der Waals surface area contributed by atoms with Crippen LogP contribution in [0.3, 0.4) is 0 Å². The smallest absolute Gasteiger partial charge is 0.348 e. The van der Waals surface area contributed by atoms with Gasteiger partial charge in [0, 0.05) is 29.1 Å². The van der Waals surface area contributed by atoms with Crippen LogP contribution in [0.2, 0.25) is 0 Å². The number of ether oxygens (including phenoxy) is 2. The Morgan fingerprint density at radius 2 is 1.86 bits per heavy atom. The molecule has 3 aromatic rings. The Morgan fingerprint density at radius 3 is 2.66 bits per heavy atom. The number of fused-ring (bicyclic) bond motifs is 3. The summed E-state index contributed by atoms with van der Waals surface area (Å²) in [5.74, 6) is 0.127. The molecule has 0 fully saturated rings. The van der Waals surface area contributed by atoms with E-state index in [0.29, 0.717) is 24.6 Å². The SMILES string of the molecule is CCN(Cc1ccccc1)C(=O)COC(=O)c1cc2c(s1)-c1ccccc1OC2. The average Bonchev–Trinajstić information content (AvgIpc) is 3.21. The second kappa shape index (κ2) is 8.49. The number of amides is 1. The lowest BCUT2D eigenvalue weighted by molar-refractivity contribution is -0.134. The Balaban J connectivity index is 1.40. The van der Waals surface area contributed by atoms with Gasteiger partial charge in [-0.05, 0) is 30.7 Å². The average molecular weight is 407 g/mol. The fourth-order valence-electron chi connectivity index (χ4n) is 3.27. The molecular formula is C23H21NO4S. The summed E-state index contributed by atoms with van der Waals surface area (Å²) in [6.07, 6.45) is 0. The van der Waals surface area contributed by atoms with Crippen LogP contribution in [0.4, 0.5) is 0 Å². The molecule has 0 bridgehead atoms. The van der Waals surface area contributed by atoms with E-state index in [1.807, 2.05) is 61.5 Å². The largest absolute Gasteiger partial charge is 0.488 e. The molecule has 0 N–H and O–H groups in total. The van der Waals surface area contributed by atoms with Gasteiger partial charge in [-0.15, -0.1) is 11.3 Å². The Kier molecular flexibility index (Phi) is 5.62. The summed E-state index contributed by atoms with van der Waals surface area (Å²) in [5, 5.41) is 0. The summed E-state index contributed by atoms with van der Waals surface area (Å²) < 4.78 is 11.1. The van der Waals surface area contributed by atoms with Crippen LogP contribution in [0, 0.1) is 0 Å². The molecule has 6 heteroatoms. The Bertz CT molecular complexity index is 1030. The number of esters is 1. The molecule has 0 unspecified atom stereocenters. The number of thiophene rings is 1. The summed E-state index contributed by atoms with van der Waals surface area (Å²) >= 11 is 1.38. The molecule has 1 aromatic heterocycles. The van der Waals surface area contributed by atoms with Crippen molar-refractivity contribution in [2.75, 3.05) is 13.2 Å². The van der Waals surface area contributed by atoms with E-state index < -0.39 is 5.97 Å². The normalized spacial score (nSPS) is 11.8. The number of hydrogen-bond acceptors (Lipinski definition) is 5. The van der Waals surface area contributed by atoms with E-state index in [1.165, 1.54) is 11.3 Å². The highest BCUT2D eigenvalue weighted by Gasteiger charge is 2.24. The van der Waals surface area contributed by atoms with E-state index in [4.69, 9.17) is 9.47 Å². The first-order chi connectivity index (χ1) is 14.2. The van der Waals surface area contributed by atoms with Crippen LogP contribution in [0.25, 0.3) is 10.4 Å². The van der Waals surface area contributed by atoms with Crippen molar-refractivity contribution in [3.63, 3.8) is 0 Å². The van der Waals surface area contributed by atoms with E-state index in [1.54, 1.807) is 11.0 Å². The highest BCUT2D eigenvalue weighted by Crippen LogP contribution is 2.42. The maximum Gasteiger partial charge on any atom is 0.348 e. The van der Waals surface area contributed by atoms with Crippen molar-refractivity contribution in [3.05, 3.63) is 76.7 Å². The highest BCUT2D eigenvalue weighted by atomic mass is 32.1. The minimum atomic E-state index is -0.481. The van der Waals surface area contributed by atoms with Crippen molar-refractivity contribution in [3.8, 4) is 16.2 Å². The number of carbonyl (C=O) groups is 2. The lowest BCUT2D eigenvalue weighted by atomic mass is 10.1. The van der Waals surface area contributed by atoms with Gasteiger partial charge in [0.05, 0.1) is 0 Å². The molecule has 148 valence electrons. The van der Waals surface area contributed by atoms with Gasteiger partial charge in [-0.25, -0.2) is 4.79 Å². The number of rotatable bonds is 6. The molecule has 4 rings (SSSR count). The fourth-order valence-corrected chi connectivity index (χ4v) is 4.36. The maximum absolute atomic E-state index is 12.5. The standard InChI is InChI=1S/C23H21NO4S/c1-2-24(13-16-8-4-3-5-9-16)21(25)15-28-23(26)20-12-17-14-27-19-11-7-6-10-18(19)22(17)29-20/h3-12H,2,13-15H2,1H3. The van der Waals surface area contributed by atoms with Crippen LogP contribution in [-0.2, 0) is 22.7 Å². The monoisotopic (exact) mass is 407 g/mol. The van der Waals surface area contributed by atoms with Crippen molar-refractivity contribution in [1.29, 1.82) is 0 Å². The van der Waals surface area contributed by atoms with Gasteiger partial charge in [0.15, 0.2) is 6.61 Å². The molecule has 0 aliphatic carbocycles. The molecule has 0 atom stereocenters. The topological polar surface area (TPSA) is 55.8 Å². The molecule has 1 aliphatic heterocycles. The van der Waals surface area contributed by atoms with Crippen LogP contribution in [0.5, 0.6) is 5.75 Å². The predicted octanol–water partition coefficient (Wildman–Crippen LogP) is 4.51. The van der Waals surface area contributed by atoms with Gasteiger partial charge in [-0.3, -0.25) is 4.79 Å². The predicted molar refractivity (Wildman–Crippen MR) is 112 cm³/mol. The van der Waals surface area contributed by atoms with E-state index in [-0.39, 0.29) is 12.5 Å². The zero-order valence-electron chi connectivity index (χ0n) is 16.1. The summed E-state index contributed by atoms with van der Waals surface area (Å²) in [7, 11) is 0. The molecule has 5 nitrogen and oxygen atoms in total.